The van der Waals surface area contributed by atoms with Crippen LogP contribution in [0, 0.1) is 0 Å². The first-order valence-corrected chi connectivity index (χ1v) is 10.2. The highest BCUT2D eigenvalue weighted by molar-refractivity contribution is 5.85. The van der Waals surface area contributed by atoms with Crippen LogP contribution in [-0.2, 0) is 20.7 Å². The molecule has 1 unspecified atom stereocenters. The molecule has 0 bridgehead atoms. The molecule has 1 aliphatic heterocycles. The fourth-order valence-corrected chi connectivity index (χ4v) is 3.50. The lowest BCUT2D eigenvalue weighted by Crippen LogP contribution is -2.41. The van der Waals surface area contributed by atoms with Gasteiger partial charge in [0.15, 0.2) is 0 Å². The molecule has 0 aliphatic carbocycles. The Bertz CT molecular complexity index is 544. The molecular weight excluding hydrogens is 326 g/mol. The Morgan fingerprint density at radius 3 is 2.58 bits per heavy atom. The summed E-state index contributed by atoms with van der Waals surface area (Å²) in [6, 6.07) is 9.63. The van der Waals surface area contributed by atoms with E-state index in [1.54, 1.807) is 4.90 Å². The first-order valence-electron chi connectivity index (χ1n) is 10.2. The Labute approximate surface area is 157 Å². The summed E-state index contributed by atoms with van der Waals surface area (Å²) in [6.07, 6.45) is 9.80. The lowest BCUT2D eigenvalue weighted by atomic mass is 10.1. The number of benzene rings is 1. The van der Waals surface area contributed by atoms with E-state index in [1.807, 2.05) is 30.3 Å². The van der Waals surface area contributed by atoms with E-state index < -0.39 is 0 Å². The minimum Gasteiger partial charge on any atom is -0.464 e. The molecule has 1 heterocycles. The second-order valence-electron chi connectivity index (χ2n) is 7.17. The zero-order valence-corrected chi connectivity index (χ0v) is 16.1. The Morgan fingerprint density at radius 1 is 1.08 bits per heavy atom. The first kappa shape index (κ1) is 20.5. The number of likely N-dealkylation sites (tertiary alicyclic amines) is 1. The molecule has 0 radical (unpaired) electrons. The smallest absolute Gasteiger partial charge is 0.328 e. The third kappa shape index (κ3) is 6.81. The molecule has 0 N–H and O–H groups in total. The summed E-state index contributed by atoms with van der Waals surface area (Å²) in [6.45, 7) is 3.36. The maximum atomic E-state index is 12.5. The van der Waals surface area contributed by atoms with Crippen LogP contribution in [0.4, 0.5) is 0 Å². The Balaban J connectivity index is 1.68. The van der Waals surface area contributed by atoms with Crippen molar-refractivity contribution in [2.75, 3.05) is 13.2 Å². The maximum absolute atomic E-state index is 12.5. The van der Waals surface area contributed by atoms with Gasteiger partial charge >= 0.3 is 5.97 Å². The second-order valence-corrected chi connectivity index (χ2v) is 7.17. The summed E-state index contributed by atoms with van der Waals surface area (Å²) in [5.41, 5.74) is 1.15. The van der Waals surface area contributed by atoms with Gasteiger partial charge in [-0.1, -0.05) is 69.4 Å². The molecule has 0 spiro atoms. The van der Waals surface area contributed by atoms with E-state index in [0.717, 1.165) is 37.7 Å². The highest BCUT2D eigenvalue weighted by atomic mass is 16.5. The zero-order chi connectivity index (χ0) is 18.6. The van der Waals surface area contributed by atoms with Gasteiger partial charge in [0.25, 0.3) is 0 Å². The minimum absolute atomic E-state index is 0.0628. The van der Waals surface area contributed by atoms with E-state index in [9.17, 15) is 9.59 Å². The number of rotatable bonds is 11. The molecule has 1 amide bonds. The Kier molecular flexibility index (Phi) is 9.22. The summed E-state index contributed by atoms with van der Waals surface area (Å²) in [5.74, 6) is -0.156. The quantitative estimate of drug-likeness (QED) is 0.431. The van der Waals surface area contributed by atoms with Gasteiger partial charge < -0.3 is 9.64 Å². The van der Waals surface area contributed by atoms with E-state index in [-0.39, 0.29) is 17.9 Å². The summed E-state index contributed by atoms with van der Waals surface area (Å²) in [5, 5.41) is 0. The van der Waals surface area contributed by atoms with Crippen molar-refractivity contribution in [3.63, 3.8) is 0 Å². The Hall–Kier alpha value is -1.84. The van der Waals surface area contributed by atoms with Crippen molar-refractivity contribution in [2.45, 2.75) is 77.2 Å². The molecule has 1 saturated heterocycles. The number of hydrogen-bond donors (Lipinski definition) is 0. The number of amides is 1. The fraction of sp³-hybridized carbons (Fsp3) is 0.636. The van der Waals surface area contributed by atoms with Gasteiger partial charge in [-0.3, -0.25) is 4.79 Å². The third-order valence-corrected chi connectivity index (χ3v) is 5.06. The van der Waals surface area contributed by atoms with Crippen LogP contribution in [0.25, 0.3) is 0 Å². The van der Waals surface area contributed by atoms with E-state index in [2.05, 4.69) is 6.92 Å². The number of aryl methyl sites for hydroxylation is 1. The summed E-state index contributed by atoms with van der Waals surface area (Å²) in [4.78, 5) is 26.6. The van der Waals surface area contributed by atoms with Crippen molar-refractivity contribution >= 4 is 11.9 Å². The molecule has 1 aromatic carbocycles. The van der Waals surface area contributed by atoms with Gasteiger partial charge in [0.1, 0.15) is 6.04 Å². The number of esters is 1. The average molecular weight is 360 g/mol. The largest absolute Gasteiger partial charge is 0.464 e. The Morgan fingerprint density at radius 2 is 1.81 bits per heavy atom. The monoisotopic (exact) mass is 359 g/mol. The number of carbonyl (C=O) groups is 2. The van der Waals surface area contributed by atoms with Crippen molar-refractivity contribution in [2.24, 2.45) is 0 Å². The highest BCUT2D eigenvalue weighted by Gasteiger charge is 2.34. The number of hydrogen-bond acceptors (Lipinski definition) is 3. The van der Waals surface area contributed by atoms with Gasteiger partial charge in [-0.2, -0.15) is 0 Å². The standard InChI is InChI=1S/C22H33NO3/c1-2-3-4-5-6-10-18-26-22(25)20-14-11-17-23(20)21(24)16-15-19-12-8-7-9-13-19/h7-9,12-13,20H,2-6,10-11,14-18H2,1H3. The number of ether oxygens (including phenoxy) is 1. The van der Waals surface area contributed by atoms with Gasteiger partial charge in [0.05, 0.1) is 6.61 Å². The lowest BCUT2D eigenvalue weighted by molar-refractivity contribution is -0.153. The van der Waals surface area contributed by atoms with Crippen LogP contribution in [0.5, 0.6) is 0 Å². The molecule has 2 rings (SSSR count). The van der Waals surface area contributed by atoms with Crippen molar-refractivity contribution in [1.29, 1.82) is 0 Å². The van der Waals surface area contributed by atoms with Gasteiger partial charge in [0.2, 0.25) is 5.91 Å². The van der Waals surface area contributed by atoms with Crippen LogP contribution >= 0.6 is 0 Å². The van der Waals surface area contributed by atoms with Crippen molar-refractivity contribution in [1.82, 2.24) is 4.90 Å². The highest BCUT2D eigenvalue weighted by Crippen LogP contribution is 2.20. The van der Waals surface area contributed by atoms with Gasteiger partial charge in [-0.25, -0.2) is 4.79 Å². The first-order chi connectivity index (χ1) is 12.7. The topological polar surface area (TPSA) is 46.6 Å². The molecule has 0 aromatic heterocycles. The average Bonchev–Trinajstić information content (AvgIpc) is 3.16. The molecule has 1 aliphatic rings. The number of nitrogens with zero attached hydrogens (tertiary/aromatic N) is 1. The molecule has 1 atom stereocenters. The SMILES string of the molecule is CCCCCCCCOC(=O)C1CCCN1C(=O)CCc1ccccc1. The molecular formula is C22H33NO3. The fourth-order valence-electron chi connectivity index (χ4n) is 3.50. The minimum atomic E-state index is -0.377. The van der Waals surface area contributed by atoms with E-state index >= 15 is 0 Å². The molecule has 1 aromatic rings. The van der Waals surface area contributed by atoms with Gasteiger partial charge in [-0.05, 0) is 31.2 Å². The molecule has 144 valence electrons. The number of carbonyl (C=O) groups excluding carboxylic acids is 2. The normalized spacial score (nSPS) is 16.7. The number of unbranched alkanes of at least 4 members (excludes halogenated alkanes) is 5. The molecule has 1 fully saturated rings. The second kappa shape index (κ2) is 11.7. The lowest BCUT2D eigenvalue weighted by Gasteiger charge is -2.23. The van der Waals surface area contributed by atoms with E-state index in [4.69, 9.17) is 4.74 Å². The van der Waals surface area contributed by atoms with Crippen molar-refractivity contribution < 1.29 is 14.3 Å². The predicted molar refractivity (Wildman–Crippen MR) is 104 cm³/mol. The zero-order valence-electron chi connectivity index (χ0n) is 16.1. The van der Waals surface area contributed by atoms with Gasteiger partial charge in [-0.15, -0.1) is 0 Å². The van der Waals surface area contributed by atoms with Crippen LogP contribution in [0.15, 0.2) is 30.3 Å². The van der Waals surface area contributed by atoms with Crippen LogP contribution in [0.3, 0.4) is 0 Å². The van der Waals surface area contributed by atoms with Gasteiger partial charge in [0, 0.05) is 13.0 Å². The van der Waals surface area contributed by atoms with E-state index in [1.165, 1.54) is 25.7 Å². The summed E-state index contributed by atoms with van der Waals surface area (Å²) < 4.78 is 5.44. The van der Waals surface area contributed by atoms with Crippen LogP contribution in [0.1, 0.15) is 70.3 Å². The molecule has 26 heavy (non-hydrogen) atoms. The summed E-state index contributed by atoms with van der Waals surface area (Å²) >= 11 is 0. The molecule has 4 heteroatoms. The van der Waals surface area contributed by atoms with Crippen molar-refractivity contribution in [3.8, 4) is 0 Å². The molecule has 0 saturated carbocycles. The predicted octanol–water partition coefficient (Wildman–Crippen LogP) is 4.51. The van der Waals surface area contributed by atoms with Crippen LogP contribution in [0.2, 0.25) is 0 Å². The van der Waals surface area contributed by atoms with E-state index in [0.29, 0.717) is 19.6 Å². The third-order valence-electron chi connectivity index (χ3n) is 5.06. The maximum Gasteiger partial charge on any atom is 0.328 e. The molecule has 4 nitrogen and oxygen atoms in total. The van der Waals surface area contributed by atoms with Crippen molar-refractivity contribution in [3.05, 3.63) is 35.9 Å². The summed E-state index contributed by atoms with van der Waals surface area (Å²) in [7, 11) is 0. The van der Waals surface area contributed by atoms with Crippen LogP contribution in [-0.4, -0.2) is 36.0 Å². The van der Waals surface area contributed by atoms with Crippen LogP contribution < -0.4 is 0 Å².